The van der Waals surface area contributed by atoms with Gasteiger partial charge in [-0.3, -0.25) is 9.58 Å². The van der Waals surface area contributed by atoms with Crippen LogP contribution in [0.3, 0.4) is 0 Å². The number of aryl methyl sites for hydroxylation is 1. The fourth-order valence-corrected chi connectivity index (χ4v) is 9.54. The number of aromatic hydroxyl groups is 1. The maximum Gasteiger partial charge on any atom is 0.319 e. The molecule has 276 valence electrons. The minimum atomic E-state index is -0.655. The van der Waals surface area contributed by atoms with E-state index in [0.29, 0.717) is 51.4 Å². The largest absolute Gasteiger partial charge is 0.508 e. The summed E-state index contributed by atoms with van der Waals surface area (Å²) in [4.78, 5) is 17.2. The first-order valence-electron chi connectivity index (χ1n) is 18.6. The molecule has 2 aliphatic carbocycles. The van der Waals surface area contributed by atoms with Gasteiger partial charge in [-0.1, -0.05) is 12.0 Å². The molecule has 0 radical (unpaired) electrons. The van der Waals surface area contributed by atoms with Gasteiger partial charge in [0, 0.05) is 86.5 Å². The van der Waals surface area contributed by atoms with Gasteiger partial charge < -0.3 is 24.4 Å². The number of hydrogen-bond acceptors (Lipinski definition) is 9. The van der Waals surface area contributed by atoms with Crippen molar-refractivity contribution in [1.82, 2.24) is 29.5 Å². The Kier molecular flexibility index (Phi) is 8.25. The molecule has 2 aliphatic heterocycles. The highest BCUT2D eigenvalue weighted by Gasteiger charge is 2.47. The van der Waals surface area contributed by atoms with Crippen molar-refractivity contribution in [3.05, 3.63) is 47.7 Å². The summed E-state index contributed by atoms with van der Waals surface area (Å²) in [6, 6.07) is 6.78. The third kappa shape index (κ3) is 5.75. The fraction of sp³-hybridized carbons (Fsp3) is 0.488. The first kappa shape index (κ1) is 34.2. The summed E-state index contributed by atoms with van der Waals surface area (Å²) >= 11 is 0. The number of rotatable bonds is 10. The second kappa shape index (κ2) is 12.8. The molecule has 4 fully saturated rings. The molecular formula is C41H45F2N7O3. The lowest BCUT2D eigenvalue weighted by Crippen LogP contribution is -2.59. The number of aromatic nitrogens is 4. The van der Waals surface area contributed by atoms with Crippen molar-refractivity contribution in [3.63, 3.8) is 0 Å². The van der Waals surface area contributed by atoms with Crippen molar-refractivity contribution in [2.75, 3.05) is 59.0 Å². The van der Waals surface area contributed by atoms with Crippen molar-refractivity contribution < 1.29 is 23.4 Å². The Morgan fingerprint density at radius 2 is 1.79 bits per heavy atom. The van der Waals surface area contributed by atoms with Gasteiger partial charge >= 0.3 is 6.01 Å². The summed E-state index contributed by atoms with van der Waals surface area (Å²) in [5.41, 5.74) is 0.754. The lowest BCUT2D eigenvalue weighted by Gasteiger charge is -2.49. The Bertz CT molecular complexity index is 2300. The molecule has 2 bridgehead atoms. The smallest absolute Gasteiger partial charge is 0.319 e. The van der Waals surface area contributed by atoms with Crippen LogP contribution in [0, 0.1) is 35.3 Å². The minimum absolute atomic E-state index is 0.00324. The summed E-state index contributed by atoms with van der Waals surface area (Å²) < 4.78 is 46.5. The molecule has 2 saturated carbocycles. The molecule has 0 spiro atoms. The molecule has 12 heteroatoms. The summed E-state index contributed by atoms with van der Waals surface area (Å²) in [5, 5.41) is 17.7. The van der Waals surface area contributed by atoms with Crippen LogP contribution in [-0.4, -0.2) is 107 Å². The molecule has 2 aromatic heterocycles. The Labute approximate surface area is 307 Å². The SMILES string of the molecule is C#Cc1c(F)ccc2cc(O)cc(-c3c(F)c4nc(OCC5(CN(C)C)CC5)nc(N5C6CCC5CN(C5CC(COC)C5)C6)c4c4cn(C)nc34)c12. The van der Waals surface area contributed by atoms with Crippen LogP contribution in [0.5, 0.6) is 11.8 Å². The van der Waals surface area contributed by atoms with Crippen LogP contribution in [-0.2, 0) is 11.8 Å². The van der Waals surface area contributed by atoms with Gasteiger partial charge in [0.15, 0.2) is 5.82 Å². The van der Waals surface area contributed by atoms with Crippen molar-refractivity contribution in [2.45, 2.75) is 56.7 Å². The maximum absolute atomic E-state index is 17.7. The van der Waals surface area contributed by atoms with Crippen LogP contribution in [0.1, 0.15) is 44.1 Å². The molecule has 3 aromatic carbocycles. The lowest BCUT2D eigenvalue weighted by atomic mass is 9.79. The molecule has 0 amide bonds. The van der Waals surface area contributed by atoms with Gasteiger partial charge in [-0.05, 0) is 87.7 Å². The first-order chi connectivity index (χ1) is 25.6. The van der Waals surface area contributed by atoms with Crippen LogP contribution < -0.4 is 9.64 Å². The predicted octanol–water partition coefficient (Wildman–Crippen LogP) is 6.10. The fourth-order valence-electron chi connectivity index (χ4n) is 9.54. The molecule has 10 nitrogen and oxygen atoms in total. The van der Waals surface area contributed by atoms with Crippen molar-refractivity contribution in [1.29, 1.82) is 0 Å². The number of terminal acetylenes is 1. The highest BCUT2D eigenvalue weighted by molar-refractivity contribution is 6.18. The number of likely N-dealkylation sites (tertiary alicyclic amines) is 1. The maximum atomic E-state index is 17.7. The highest BCUT2D eigenvalue weighted by atomic mass is 19.1. The van der Waals surface area contributed by atoms with E-state index >= 15 is 8.78 Å². The number of hydrogen-bond donors (Lipinski definition) is 1. The van der Waals surface area contributed by atoms with E-state index in [0.717, 1.165) is 64.8 Å². The number of ether oxygens (including phenoxy) is 2. The molecule has 1 N–H and O–H groups in total. The van der Waals surface area contributed by atoms with Gasteiger partial charge in [-0.25, -0.2) is 8.78 Å². The number of piperazine rings is 1. The average molecular weight is 722 g/mol. The Hall–Kier alpha value is -4.57. The zero-order valence-corrected chi connectivity index (χ0v) is 30.7. The molecule has 4 aliphatic rings. The van der Waals surface area contributed by atoms with Gasteiger partial charge in [0.1, 0.15) is 28.4 Å². The van der Waals surface area contributed by atoms with Crippen LogP contribution in [0.2, 0.25) is 0 Å². The molecular weight excluding hydrogens is 676 g/mol. The zero-order chi connectivity index (χ0) is 36.8. The Balaban J connectivity index is 1.23. The Morgan fingerprint density at radius 3 is 2.47 bits per heavy atom. The third-order valence-electron chi connectivity index (χ3n) is 12.1. The Morgan fingerprint density at radius 1 is 1.04 bits per heavy atom. The molecule has 9 rings (SSSR count). The van der Waals surface area contributed by atoms with E-state index in [1.54, 1.807) is 18.8 Å². The predicted molar refractivity (Wildman–Crippen MR) is 201 cm³/mol. The zero-order valence-electron chi connectivity index (χ0n) is 30.7. The summed E-state index contributed by atoms with van der Waals surface area (Å²) in [7, 11) is 7.67. The van der Waals surface area contributed by atoms with E-state index in [9.17, 15) is 5.11 Å². The summed E-state index contributed by atoms with van der Waals surface area (Å²) in [6.45, 7) is 3.91. The molecule has 2 saturated heterocycles. The molecule has 4 heterocycles. The number of phenols is 1. The summed E-state index contributed by atoms with van der Waals surface area (Å²) in [6.07, 6.45) is 14.1. The van der Waals surface area contributed by atoms with Gasteiger partial charge in [-0.15, -0.1) is 6.42 Å². The van der Waals surface area contributed by atoms with E-state index in [-0.39, 0.29) is 51.5 Å². The molecule has 5 aromatic rings. The van der Waals surface area contributed by atoms with Crippen LogP contribution in [0.4, 0.5) is 14.6 Å². The number of fused-ring (bicyclic) bond motifs is 6. The normalized spacial score (nSPS) is 23.6. The van der Waals surface area contributed by atoms with E-state index in [1.807, 2.05) is 6.20 Å². The second-order valence-electron chi connectivity index (χ2n) is 16.2. The highest BCUT2D eigenvalue weighted by Crippen LogP contribution is 2.49. The van der Waals surface area contributed by atoms with E-state index in [1.165, 1.54) is 24.3 Å². The van der Waals surface area contributed by atoms with Crippen LogP contribution in [0.25, 0.3) is 43.7 Å². The minimum Gasteiger partial charge on any atom is -0.508 e. The number of methoxy groups -OCH3 is 1. The van der Waals surface area contributed by atoms with Gasteiger partial charge in [0.2, 0.25) is 0 Å². The standard InChI is InChI=1S/C41H45F2N7O3/c1-6-29-32(42)10-7-24-15-28(51)16-30(33(24)29)34-36(43)38-35(31-19-48(4)46-37(31)34)39(45-40(44-38)53-22-41(11-12-41)21-47(2)3)50-25-8-9-26(50)18-49(17-25)27-13-23(14-27)20-52-5/h1,7,10,15-16,19,23,25-27,51H,8-9,11-14,17-18,20-22H2,2-5H3. The molecule has 53 heavy (non-hydrogen) atoms. The van der Waals surface area contributed by atoms with E-state index in [4.69, 9.17) is 31.0 Å². The van der Waals surface area contributed by atoms with Gasteiger partial charge in [-0.2, -0.15) is 15.1 Å². The molecule has 2 unspecified atom stereocenters. The van der Waals surface area contributed by atoms with Gasteiger partial charge in [0.25, 0.3) is 0 Å². The average Bonchev–Trinajstić information content (AvgIpc) is 3.67. The topological polar surface area (TPSA) is 92.0 Å². The number of phenolic OH excluding ortho intramolecular Hbond substituents is 1. The second-order valence-corrected chi connectivity index (χ2v) is 16.2. The number of benzene rings is 3. The van der Waals surface area contributed by atoms with Crippen molar-refractivity contribution in [2.24, 2.45) is 18.4 Å². The van der Waals surface area contributed by atoms with Crippen molar-refractivity contribution >= 4 is 38.4 Å². The first-order valence-corrected chi connectivity index (χ1v) is 18.6. The number of halogens is 2. The quantitative estimate of drug-likeness (QED) is 0.172. The third-order valence-corrected chi connectivity index (χ3v) is 12.1. The van der Waals surface area contributed by atoms with E-state index in [2.05, 4.69) is 34.7 Å². The number of anilines is 1. The molecule has 2 atom stereocenters. The van der Waals surface area contributed by atoms with E-state index < -0.39 is 11.6 Å². The van der Waals surface area contributed by atoms with Crippen LogP contribution >= 0.6 is 0 Å². The lowest BCUT2D eigenvalue weighted by molar-refractivity contribution is 0.0199. The van der Waals surface area contributed by atoms with Crippen molar-refractivity contribution in [3.8, 4) is 35.2 Å². The summed E-state index contributed by atoms with van der Waals surface area (Å²) in [5.74, 6) is 2.36. The number of nitrogens with zero attached hydrogens (tertiary/aromatic N) is 7. The van der Waals surface area contributed by atoms with Gasteiger partial charge in [0.05, 0.1) is 17.6 Å². The van der Waals surface area contributed by atoms with Crippen LogP contribution in [0.15, 0.2) is 30.5 Å². The monoisotopic (exact) mass is 721 g/mol.